The molecule has 2 aromatic heterocycles. The second-order valence-electron chi connectivity index (χ2n) is 6.43. The van der Waals surface area contributed by atoms with Gasteiger partial charge < -0.3 is 5.32 Å². The molecule has 0 fully saturated rings. The van der Waals surface area contributed by atoms with Gasteiger partial charge in [-0.05, 0) is 30.7 Å². The van der Waals surface area contributed by atoms with Crippen molar-refractivity contribution in [2.24, 2.45) is 0 Å². The monoisotopic (exact) mass is 393 g/mol. The van der Waals surface area contributed by atoms with Gasteiger partial charge in [0.2, 0.25) is 5.91 Å². The maximum Gasteiger partial charge on any atom is 0.271 e. The van der Waals surface area contributed by atoms with Crippen molar-refractivity contribution in [2.45, 2.75) is 13.5 Å². The first-order valence-electron chi connectivity index (χ1n) is 8.60. The molecule has 0 radical (unpaired) electrons. The van der Waals surface area contributed by atoms with Gasteiger partial charge in [-0.25, -0.2) is 9.37 Å². The minimum absolute atomic E-state index is 0.198. The zero-order valence-corrected chi connectivity index (χ0v) is 15.8. The molecule has 0 saturated heterocycles. The van der Waals surface area contributed by atoms with E-state index in [0.717, 1.165) is 16.7 Å². The van der Waals surface area contributed by atoms with Crippen LogP contribution in [0.2, 0.25) is 0 Å². The molecule has 7 heteroatoms. The van der Waals surface area contributed by atoms with Crippen LogP contribution in [0, 0.1) is 12.7 Å². The largest absolute Gasteiger partial charge is 0.324 e. The van der Waals surface area contributed by atoms with Crippen LogP contribution in [-0.4, -0.2) is 15.5 Å². The quantitative estimate of drug-likeness (QED) is 0.565. The minimum Gasteiger partial charge on any atom is -0.324 e. The van der Waals surface area contributed by atoms with Crippen molar-refractivity contribution in [3.8, 4) is 11.1 Å². The van der Waals surface area contributed by atoms with E-state index in [4.69, 9.17) is 0 Å². The number of halogens is 1. The number of anilines is 1. The summed E-state index contributed by atoms with van der Waals surface area (Å²) in [6, 6.07) is 13.6. The molecular weight excluding hydrogens is 377 g/mol. The molecule has 2 aromatic carbocycles. The maximum absolute atomic E-state index is 13.2. The second kappa shape index (κ2) is 7.36. The molecule has 4 rings (SSSR count). The van der Waals surface area contributed by atoms with Crippen LogP contribution < -0.4 is 10.9 Å². The summed E-state index contributed by atoms with van der Waals surface area (Å²) in [6.45, 7) is 1.82. The molecule has 1 N–H and O–H groups in total. The molecule has 140 valence electrons. The number of nitrogens with one attached hydrogen (secondary N) is 1. The molecular formula is C21H16FN3O2S. The van der Waals surface area contributed by atoms with E-state index in [1.54, 1.807) is 6.07 Å². The van der Waals surface area contributed by atoms with Gasteiger partial charge in [-0.2, -0.15) is 0 Å². The van der Waals surface area contributed by atoms with Crippen molar-refractivity contribution in [2.75, 3.05) is 5.32 Å². The maximum atomic E-state index is 13.2. The van der Waals surface area contributed by atoms with Crippen LogP contribution >= 0.6 is 11.3 Å². The summed E-state index contributed by atoms with van der Waals surface area (Å²) in [5.74, 6) is -0.871. The lowest BCUT2D eigenvalue weighted by Crippen LogP contribution is -2.27. The number of hydrogen-bond donors (Lipinski definition) is 1. The molecule has 2 heterocycles. The molecule has 4 aromatic rings. The Morgan fingerprint density at radius 1 is 1.21 bits per heavy atom. The fourth-order valence-corrected chi connectivity index (χ4v) is 3.89. The Hall–Kier alpha value is -3.32. The van der Waals surface area contributed by atoms with E-state index in [1.165, 1.54) is 40.4 Å². The first-order valence-corrected chi connectivity index (χ1v) is 9.48. The van der Waals surface area contributed by atoms with Gasteiger partial charge in [0.15, 0.2) is 0 Å². The zero-order valence-electron chi connectivity index (χ0n) is 15.0. The summed E-state index contributed by atoms with van der Waals surface area (Å²) < 4.78 is 15.0. The lowest BCUT2D eigenvalue weighted by Gasteiger charge is -2.07. The third-order valence-electron chi connectivity index (χ3n) is 4.33. The van der Waals surface area contributed by atoms with Crippen LogP contribution in [0.4, 0.5) is 10.1 Å². The second-order valence-corrected chi connectivity index (χ2v) is 7.31. The Morgan fingerprint density at radius 3 is 2.75 bits per heavy atom. The van der Waals surface area contributed by atoms with Gasteiger partial charge in [-0.3, -0.25) is 14.2 Å². The van der Waals surface area contributed by atoms with E-state index in [1.807, 2.05) is 36.6 Å². The number of thiophene rings is 1. The van der Waals surface area contributed by atoms with Crippen LogP contribution in [0.15, 0.2) is 65.0 Å². The Labute approximate surface area is 164 Å². The zero-order chi connectivity index (χ0) is 19.7. The average molecular weight is 393 g/mol. The topological polar surface area (TPSA) is 64.0 Å². The Bertz CT molecular complexity index is 1230. The summed E-state index contributed by atoms with van der Waals surface area (Å²) >= 11 is 1.31. The van der Waals surface area contributed by atoms with Crippen molar-refractivity contribution in [3.63, 3.8) is 0 Å². The Balaban J connectivity index is 1.61. The molecule has 0 unspecified atom stereocenters. The third-order valence-corrected chi connectivity index (χ3v) is 5.29. The molecule has 0 aliphatic heterocycles. The summed E-state index contributed by atoms with van der Waals surface area (Å²) in [4.78, 5) is 29.4. The number of nitrogens with zero attached hydrogens (tertiary/aromatic N) is 2. The average Bonchev–Trinajstić information content (AvgIpc) is 3.09. The number of carbonyl (C=O) groups excluding carboxylic acids is 1. The third kappa shape index (κ3) is 3.57. The fourth-order valence-electron chi connectivity index (χ4n) is 2.91. The number of aryl methyl sites for hydroxylation is 1. The smallest absolute Gasteiger partial charge is 0.271 e. The summed E-state index contributed by atoms with van der Waals surface area (Å²) in [7, 11) is 0. The van der Waals surface area contributed by atoms with Crippen LogP contribution in [0.25, 0.3) is 21.3 Å². The van der Waals surface area contributed by atoms with Crippen molar-refractivity contribution in [1.82, 2.24) is 9.55 Å². The van der Waals surface area contributed by atoms with Gasteiger partial charge in [0.1, 0.15) is 17.1 Å². The standard InChI is InChI=1S/C21H16FN3O2S/c1-13-5-7-14(8-6-13)17-11-28-20-19(17)23-12-25(21(20)27)10-18(26)24-16-4-2-3-15(22)9-16/h2-9,11-12H,10H2,1H3,(H,24,26). The van der Waals surface area contributed by atoms with E-state index < -0.39 is 11.7 Å². The first-order chi connectivity index (χ1) is 13.5. The van der Waals surface area contributed by atoms with Gasteiger partial charge >= 0.3 is 0 Å². The molecule has 0 aliphatic carbocycles. The highest BCUT2D eigenvalue weighted by Gasteiger charge is 2.14. The first kappa shape index (κ1) is 18.1. The number of aromatic nitrogens is 2. The predicted molar refractivity (Wildman–Crippen MR) is 109 cm³/mol. The van der Waals surface area contributed by atoms with Crippen LogP contribution in [0.1, 0.15) is 5.56 Å². The molecule has 1 amide bonds. The number of hydrogen-bond acceptors (Lipinski definition) is 4. The van der Waals surface area contributed by atoms with E-state index >= 15 is 0 Å². The molecule has 0 spiro atoms. The summed E-state index contributed by atoms with van der Waals surface area (Å²) in [6.07, 6.45) is 1.38. The normalized spacial score (nSPS) is 10.9. The number of carbonyl (C=O) groups is 1. The number of benzene rings is 2. The van der Waals surface area contributed by atoms with Gasteiger partial charge in [0.25, 0.3) is 5.56 Å². The van der Waals surface area contributed by atoms with Gasteiger partial charge in [0.05, 0.1) is 11.8 Å². The van der Waals surface area contributed by atoms with Gasteiger partial charge in [-0.1, -0.05) is 35.9 Å². The van der Waals surface area contributed by atoms with Crippen LogP contribution in [0.3, 0.4) is 0 Å². The SMILES string of the molecule is Cc1ccc(-c2csc3c(=O)n(CC(=O)Nc4cccc(F)c4)cnc23)cc1. The predicted octanol–water partition coefficient (Wildman–Crippen LogP) is 4.21. The van der Waals surface area contributed by atoms with E-state index in [0.29, 0.717) is 15.9 Å². The number of fused-ring (bicyclic) bond motifs is 1. The van der Waals surface area contributed by atoms with E-state index in [-0.39, 0.29) is 12.1 Å². The van der Waals surface area contributed by atoms with E-state index in [2.05, 4.69) is 10.3 Å². The van der Waals surface area contributed by atoms with Crippen LogP contribution in [0.5, 0.6) is 0 Å². The summed E-state index contributed by atoms with van der Waals surface area (Å²) in [5.41, 5.74) is 3.73. The van der Waals surface area contributed by atoms with Crippen LogP contribution in [-0.2, 0) is 11.3 Å². The van der Waals surface area contributed by atoms with Gasteiger partial charge in [-0.15, -0.1) is 11.3 Å². The van der Waals surface area contributed by atoms with Crippen molar-refractivity contribution in [1.29, 1.82) is 0 Å². The fraction of sp³-hybridized carbons (Fsp3) is 0.0952. The Kier molecular flexibility index (Phi) is 4.75. The Morgan fingerprint density at radius 2 is 2.00 bits per heavy atom. The molecule has 5 nitrogen and oxygen atoms in total. The number of amides is 1. The van der Waals surface area contributed by atoms with Gasteiger partial charge in [0, 0.05) is 16.6 Å². The highest BCUT2D eigenvalue weighted by Crippen LogP contribution is 2.30. The molecule has 0 atom stereocenters. The molecule has 0 bridgehead atoms. The van der Waals surface area contributed by atoms with Crippen molar-refractivity contribution >= 4 is 33.1 Å². The number of rotatable bonds is 4. The van der Waals surface area contributed by atoms with Crippen molar-refractivity contribution in [3.05, 3.63) is 82.0 Å². The highest BCUT2D eigenvalue weighted by molar-refractivity contribution is 7.17. The molecule has 0 aliphatic rings. The lowest BCUT2D eigenvalue weighted by atomic mass is 10.1. The minimum atomic E-state index is -0.444. The molecule has 0 saturated carbocycles. The van der Waals surface area contributed by atoms with E-state index in [9.17, 15) is 14.0 Å². The highest BCUT2D eigenvalue weighted by atomic mass is 32.1. The summed E-state index contributed by atoms with van der Waals surface area (Å²) in [5, 5.41) is 4.48. The lowest BCUT2D eigenvalue weighted by molar-refractivity contribution is -0.116. The molecule has 28 heavy (non-hydrogen) atoms. The van der Waals surface area contributed by atoms with Crippen molar-refractivity contribution < 1.29 is 9.18 Å².